The fourth-order valence-corrected chi connectivity index (χ4v) is 2.88. The van der Waals surface area contributed by atoms with Crippen LogP contribution in [0.1, 0.15) is 10.4 Å². The van der Waals surface area contributed by atoms with Crippen LogP contribution >= 0.6 is 27.5 Å². The average molecular weight is 370 g/mol. The van der Waals surface area contributed by atoms with Gasteiger partial charge in [-0.25, -0.2) is 14.2 Å². The van der Waals surface area contributed by atoms with Crippen molar-refractivity contribution >= 4 is 44.5 Å². The lowest BCUT2D eigenvalue weighted by Crippen LogP contribution is -1.99. The van der Waals surface area contributed by atoms with Crippen molar-refractivity contribution in [1.82, 2.24) is 9.97 Å². The summed E-state index contributed by atoms with van der Waals surface area (Å²) >= 11 is 9.31. The fraction of sp³-hybridized carbons (Fsp3) is 0. The summed E-state index contributed by atoms with van der Waals surface area (Å²) in [6.45, 7) is 0. The molecule has 0 saturated carbocycles. The lowest BCUT2D eigenvalue weighted by atomic mass is 10.2. The number of carbonyl (C=O) groups is 1. The summed E-state index contributed by atoms with van der Waals surface area (Å²) in [5.41, 5.74) is 1.10. The number of imidazole rings is 1. The van der Waals surface area contributed by atoms with Crippen LogP contribution in [0.2, 0.25) is 5.02 Å². The number of hydrogen-bond acceptors (Lipinski definition) is 2. The Hall–Kier alpha value is -1.92. The van der Waals surface area contributed by atoms with E-state index in [1.54, 1.807) is 18.2 Å². The second-order valence-corrected chi connectivity index (χ2v) is 5.75. The largest absolute Gasteiger partial charge is 0.478 e. The number of aromatic amines is 1. The van der Waals surface area contributed by atoms with Crippen molar-refractivity contribution in [3.63, 3.8) is 0 Å². The molecule has 21 heavy (non-hydrogen) atoms. The molecule has 3 rings (SSSR count). The van der Waals surface area contributed by atoms with Gasteiger partial charge in [-0.1, -0.05) is 27.5 Å². The molecular formula is C14H7BrClFN2O2. The van der Waals surface area contributed by atoms with Gasteiger partial charge in [0, 0.05) is 21.1 Å². The van der Waals surface area contributed by atoms with Gasteiger partial charge in [-0.05, 0) is 24.3 Å². The first kappa shape index (κ1) is 14.0. The van der Waals surface area contributed by atoms with Gasteiger partial charge in [0.25, 0.3) is 0 Å². The SMILES string of the molecule is O=C(O)c1cc2nc(-c3cc(Cl)cc(Br)c3)[nH]c2cc1F. The third-order valence-electron chi connectivity index (χ3n) is 2.94. The standard InChI is InChI=1S/C14H7BrClFN2O2/c15-7-1-6(2-8(16)3-7)13-18-11-4-9(14(20)21)10(17)5-12(11)19-13/h1-5H,(H,18,19)(H,20,21). The molecule has 0 fully saturated rings. The van der Waals surface area contributed by atoms with E-state index >= 15 is 0 Å². The highest BCUT2D eigenvalue weighted by atomic mass is 79.9. The van der Waals surface area contributed by atoms with Crippen molar-refractivity contribution in [2.45, 2.75) is 0 Å². The third-order valence-corrected chi connectivity index (χ3v) is 3.61. The highest BCUT2D eigenvalue weighted by molar-refractivity contribution is 9.10. The van der Waals surface area contributed by atoms with Crippen LogP contribution in [0.5, 0.6) is 0 Å². The fourth-order valence-electron chi connectivity index (χ4n) is 2.02. The topological polar surface area (TPSA) is 66.0 Å². The highest BCUT2D eigenvalue weighted by Crippen LogP contribution is 2.28. The quantitative estimate of drug-likeness (QED) is 0.700. The minimum atomic E-state index is -1.33. The number of fused-ring (bicyclic) bond motifs is 1. The smallest absolute Gasteiger partial charge is 0.338 e. The van der Waals surface area contributed by atoms with Gasteiger partial charge in [0.2, 0.25) is 0 Å². The number of aromatic carboxylic acids is 1. The monoisotopic (exact) mass is 368 g/mol. The molecule has 0 amide bonds. The number of carboxylic acid groups (broad SMARTS) is 1. The second-order valence-electron chi connectivity index (χ2n) is 4.40. The first-order chi connectivity index (χ1) is 9.94. The molecule has 1 heterocycles. The normalized spacial score (nSPS) is 11.0. The molecule has 7 heteroatoms. The van der Waals surface area contributed by atoms with E-state index in [1.807, 2.05) is 0 Å². The molecule has 106 valence electrons. The Labute approximate surface area is 131 Å². The number of H-pyrrole nitrogens is 1. The van der Waals surface area contributed by atoms with E-state index in [9.17, 15) is 9.18 Å². The summed E-state index contributed by atoms with van der Waals surface area (Å²) in [7, 11) is 0. The highest BCUT2D eigenvalue weighted by Gasteiger charge is 2.15. The summed E-state index contributed by atoms with van der Waals surface area (Å²) in [6, 6.07) is 7.56. The van der Waals surface area contributed by atoms with Crippen LogP contribution in [0.4, 0.5) is 4.39 Å². The van der Waals surface area contributed by atoms with E-state index in [0.717, 1.165) is 10.5 Å². The molecule has 1 aromatic heterocycles. The van der Waals surface area contributed by atoms with Gasteiger partial charge in [-0.2, -0.15) is 0 Å². The maximum absolute atomic E-state index is 13.7. The second kappa shape index (κ2) is 5.13. The summed E-state index contributed by atoms with van der Waals surface area (Å²) in [5.74, 6) is -1.66. The molecule has 4 nitrogen and oxygen atoms in total. The van der Waals surface area contributed by atoms with Crippen LogP contribution in [-0.4, -0.2) is 21.0 Å². The van der Waals surface area contributed by atoms with Crippen molar-refractivity contribution in [3.05, 3.63) is 51.2 Å². The lowest BCUT2D eigenvalue weighted by molar-refractivity contribution is 0.0692. The predicted octanol–water partition coefficient (Wildman–Crippen LogP) is 4.48. The number of nitrogens with one attached hydrogen (secondary N) is 1. The zero-order chi connectivity index (χ0) is 15.1. The Morgan fingerprint density at radius 2 is 2.05 bits per heavy atom. The minimum Gasteiger partial charge on any atom is -0.478 e. The van der Waals surface area contributed by atoms with Crippen LogP contribution in [0, 0.1) is 5.82 Å². The van der Waals surface area contributed by atoms with Gasteiger partial charge in [-0.15, -0.1) is 0 Å². The summed E-state index contributed by atoms with van der Waals surface area (Å²) in [6.07, 6.45) is 0. The van der Waals surface area contributed by atoms with Gasteiger partial charge < -0.3 is 10.1 Å². The Kier molecular flexibility index (Phi) is 3.43. The molecule has 0 atom stereocenters. The summed E-state index contributed by atoms with van der Waals surface area (Å²) in [4.78, 5) is 18.2. The molecule has 0 aliphatic heterocycles. The van der Waals surface area contributed by atoms with E-state index in [-0.39, 0.29) is 0 Å². The zero-order valence-electron chi connectivity index (χ0n) is 10.3. The van der Waals surface area contributed by atoms with E-state index in [1.165, 1.54) is 6.07 Å². The minimum absolute atomic E-state index is 0.375. The maximum Gasteiger partial charge on any atom is 0.338 e. The van der Waals surface area contributed by atoms with Crippen LogP contribution < -0.4 is 0 Å². The Bertz CT molecular complexity index is 859. The van der Waals surface area contributed by atoms with Crippen LogP contribution in [0.15, 0.2) is 34.8 Å². The van der Waals surface area contributed by atoms with Crippen molar-refractivity contribution in [2.24, 2.45) is 0 Å². The van der Waals surface area contributed by atoms with Crippen LogP contribution in [-0.2, 0) is 0 Å². The molecule has 0 unspecified atom stereocenters. The van der Waals surface area contributed by atoms with Crippen molar-refractivity contribution in [3.8, 4) is 11.4 Å². The van der Waals surface area contributed by atoms with E-state index in [4.69, 9.17) is 16.7 Å². The number of aromatic nitrogens is 2. The predicted molar refractivity (Wildman–Crippen MR) is 81.2 cm³/mol. The molecule has 0 bridgehead atoms. The van der Waals surface area contributed by atoms with Gasteiger partial charge in [-0.3, -0.25) is 0 Å². The first-order valence-corrected chi connectivity index (χ1v) is 7.00. The Balaban J connectivity index is 2.19. The number of nitrogens with zero attached hydrogens (tertiary/aromatic N) is 1. The molecule has 2 aromatic carbocycles. The van der Waals surface area contributed by atoms with Gasteiger partial charge in [0.1, 0.15) is 11.6 Å². The Morgan fingerprint density at radius 3 is 2.71 bits per heavy atom. The van der Waals surface area contributed by atoms with Gasteiger partial charge in [0.05, 0.1) is 16.6 Å². The molecule has 0 spiro atoms. The molecule has 2 N–H and O–H groups in total. The van der Waals surface area contributed by atoms with Crippen molar-refractivity contribution < 1.29 is 14.3 Å². The summed E-state index contributed by atoms with van der Waals surface area (Å²) in [5, 5.41) is 9.45. The first-order valence-electron chi connectivity index (χ1n) is 5.83. The van der Waals surface area contributed by atoms with Gasteiger partial charge >= 0.3 is 5.97 Å². The molecule has 0 aliphatic carbocycles. The zero-order valence-corrected chi connectivity index (χ0v) is 12.7. The number of halogens is 3. The number of carboxylic acids is 1. The van der Waals surface area contributed by atoms with E-state index in [0.29, 0.717) is 27.4 Å². The molecule has 0 saturated heterocycles. The van der Waals surface area contributed by atoms with E-state index < -0.39 is 17.3 Å². The van der Waals surface area contributed by atoms with Gasteiger partial charge in [0.15, 0.2) is 0 Å². The summed E-state index contributed by atoms with van der Waals surface area (Å²) < 4.78 is 14.4. The molecule has 0 radical (unpaired) electrons. The Morgan fingerprint density at radius 1 is 1.29 bits per heavy atom. The maximum atomic E-state index is 13.7. The van der Waals surface area contributed by atoms with Crippen LogP contribution in [0.25, 0.3) is 22.4 Å². The number of hydrogen-bond donors (Lipinski definition) is 2. The van der Waals surface area contributed by atoms with Crippen molar-refractivity contribution in [1.29, 1.82) is 0 Å². The molecular weight excluding hydrogens is 363 g/mol. The number of rotatable bonds is 2. The number of benzene rings is 2. The third kappa shape index (κ3) is 2.64. The van der Waals surface area contributed by atoms with Crippen LogP contribution in [0.3, 0.4) is 0 Å². The molecule has 0 aliphatic rings. The van der Waals surface area contributed by atoms with E-state index in [2.05, 4.69) is 25.9 Å². The lowest BCUT2D eigenvalue weighted by Gasteiger charge is -1.99. The average Bonchev–Trinajstić information content (AvgIpc) is 2.79. The molecule has 3 aromatic rings. The van der Waals surface area contributed by atoms with Crippen molar-refractivity contribution in [2.75, 3.05) is 0 Å².